The number of amidine groups is 3. The summed E-state index contributed by atoms with van der Waals surface area (Å²) < 4.78 is 22.0. The molecule has 0 aliphatic carbocycles. The first-order valence-corrected chi connectivity index (χ1v) is 43.3. The maximum Gasteiger partial charge on any atom is 0.643 e. The molecule has 107 heavy (non-hydrogen) atoms. The fourth-order valence-electron chi connectivity index (χ4n) is 8.82. The quantitative estimate of drug-likeness (QED) is 0.00759. The predicted octanol–water partition coefficient (Wildman–Crippen LogP) is 19.3. The van der Waals surface area contributed by atoms with Gasteiger partial charge in [-0.1, -0.05) is 131 Å². The standard InChI is InChI=1S/C21H21ClN4O3.C21H21ClN4O2.C12H14N4O2.C9H8BrClO.C6H5Cl.C3H4Br2O.CH3PS.Al.3ClH/c1-13-11-26(12-24-13)18-9-6-16(10-19(18)28-3)21(23)25-29-14(2)20(27)15-4-7-17(22)8-5-15;1-13-11-26(12-23-13)18-9-6-16(10-19(18)27-3)21-24-20(14(2)28-25-21)15-4-7-17(22)8-5-15;1-8-6-16(7-14-8)10-4-3-9(12(13)15-17)5-11(10)18-2;1-6(10)9(12)7-2-4-8(11)5-3-7;7-6-4-2-1-3-5-6;1-2(4)3(5)6;1-2-3;;;;/h4-12,14H,1-3H3,(H2,23,25);4-12,14,20H,1-3H3,(H,24,25);3-7,17H,1-2H3,(H2,13,15);2-6H,1H3;1-5H;2H,1H3;1H3;;3*1H/q;;;;;;;+3;;;/p-3. The van der Waals surface area contributed by atoms with Gasteiger partial charge in [0.05, 0.1) is 84.1 Å². The van der Waals surface area contributed by atoms with Crippen molar-refractivity contribution in [1.82, 2.24) is 34.1 Å². The number of aryl methyl sites for hydroxylation is 3. The number of nitrogens with two attached hydrogens (primary N) is 2. The highest BCUT2D eigenvalue weighted by atomic mass is 79.9. The Morgan fingerprint density at radius 2 is 0.963 bits per heavy atom. The van der Waals surface area contributed by atoms with E-state index in [1.807, 2.05) is 152 Å². The van der Waals surface area contributed by atoms with Crippen molar-refractivity contribution in [2.75, 3.05) is 28.0 Å². The lowest BCUT2D eigenvalue weighted by Crippen LogP contribution is -2.37. The van der Waals surface area contributed by atoms with Crippen LogP contribution in [0.3, 0.4) is 0 Å². The van der Waals surface area contributed by atoms with Gasteiger partial charge < -0.3 is 49.4 Å². The Balaban J connectivity index is 0.000000285. The fourth-order valence-corrected chi connectivity index (χ4v) is 9.61. The van der Waals surface area contributed by atoms with Gasteiger partial charge in [-0.05, 0) is 211 Å². The van der Waals surface area contributed by atoms with E-state index in [2.05, 4.69) is 90.3 Å². The summed E-state index contributed by atoms with van der Waals surface area (Å²) in [7, 11) is 20.6. The Labute approximate surface area is 691 Å². The topological polar surface area (TPSA) is 272 Å². The Hall–Kier alpha value is -6.93. The summed E-state index contributed by atoms with van der Waals surface area (Å²) in [5.41, 5.74) is 24.1. The molecule has 34 heteroatoms. The molecule has 5 atom stereocenters. The Bertz CT molecular complexity index is 4550. The lowest BCUT2D eigenvalue weighted by molar-refractivity contribution is -0.109. The van der Waals surface area contributed by atoms with Crippen molar-refractivity contribution in [3.63, 3.8) is 0 Å². The van der Waals surface area contributed by atoms with Gasteiger partial charge in [0.2, 0.25) is 10.5 Å². The number of carbonyl (C=O) groups excluding carboxylic acids is 3. The van der Waals surface area contributed by atoms with Crippen molar-refractivity contribution in [3.8, 4) is 34.3 Å². The molecular weight excluding hydrogens is 1770 g/mol. The van der Waals surface area contributed by atoms with Crippen LogP contribution in [-0.2, 0) is 26.3 Å². The third-order valence-electron chi connectivity index (χ3n) is 14.1. The van der Waals surface area contributed by atoms with Crippen LogP contribution in [0.1, 0.15) is 93.8 Å². The van der Waals surface area contributed by atoms with Crippen LogP contribution >= 0.6 is 132 Å². The lowest BCUT2D eigenvalue weighted by atomic mass is 10.0. The number of benzene rings is 7. The number of halogens is 10. The summed E-state index contributed by atoms with van der Waals surface area (Å²) in [5, 5.41) is 18.2. The van der Waals surface area contributed by atoms with Crippen LogP contribution in [0.2, 0.25) is 20.1 Å². The molecule has 0 saturated heterocycles. The normalized spacial score (nSPS) is 13.5. The van der Waals surface area contributed by atoms with Gasteiger partial charge in [-0.15, -0.1) is 0 Å². The summed E-state index contributed by atoms with van der Waals surface area (Å²) in [5.74, 6) is 2.63. The molecule has 5 unspecified atom stereocenters. The average molecular weight is 1840 g/mol. The number of hydrogen-bond donors (Lipinski definition) is 4. The molecule has 3 aromatic heterocycles. The number of ether oxygens (including phenoxy) is 3. The van der Waals surface area contributed by atoms with Crippen molar-refractivity contribution in [3.05, 3.63) is 266 Å². The highest BCUT2D eigenvalue weighted by Gasteiger charge is 2.27. The molecule has 0 radical (unpaired) electrons. The van der Waals surface area contributed by atoms with Gasteiger partial charge in [0.15, 0.2) is 29.4 Å². The Morgan fingerprint density at radius 1 is 0.598 bits per heavy atom. The van der Waals surface area contributed by atoms with Gasteiger partial charge in [-0.3, -0.25) is 24.2 Å². The zero-order valence-corrected chi connectivity index (χ0v) is 72.4. The monoisotopic (exact) mass is 1840 g/mol. The first-order chi connectivity index (χ1) is 50.9. The summed E-state index contributed by atoms with van der Waals surface area (Å²) >= 11 is 34.7. The number of nitrogens with one attached hydrogen (secondary N) is 1. The molecule has 0 amide bonds. The molecular formula is C73H76AlBr3Cl7N12O9PS. The summed E-state index contributed by atoms with van der Waals surface area (Å²) in [6.07, 6.45) is 10.0. The minimum absolute atomic E-state index is 0.0116. The van der Waals surface area contributed by atoms with Crippen LogP contribution in [0.5, 0.6) is 17.2 Å². The number of methoxy groups -OCH3 is 3. The lowest BCUT2D eigenvalue weighted by Gasteiger charge is -2.28. The third-order valence-corrected chi connectivity index (χ3v) is 17.2. The fraction of sp³-hybridized carbons (Fsp3) is 0.219. The van der Waals surface area contributed by atoms with Crippen LogP contribution in [0.15, 0.2) is 211 Å². The number of hydrogen-bond acceptors (Lipinski definition) is 17. The van der Waals surface area contributed by atoms with E-state index in [1.165, 1.54) is 0 Å². The highest BCUT2D eigenvalue weighted by molar-refractivity contribution is 9.20. The molecule has 10 aromatic rings. The molecule has 1 aliphatic heterocycles. The molecule has 11 rings (SSSR count). The summed E-state index contributed by atoms with van der Waals surface area (Å²) in [4.78, 5) is 62.2. The van der Waals surface area contributed by atoms with Gasteiger partial charge >= 0.3 is 11.4 Å². The smallest absolute Gasteiger partial charge is 0.495 e. The number of carbonyl (C=O) groups is 3. The second-order valence-electron chi connectivity index (χ2n) is 22.0. The molecule has 0 saturated carbocycles. The number of aliphatic imine (C=N–C) groups is 1. The second-order valence-corrected chi connectivity index (χ2v) is 35.2. The highest BCUT2D eigenvalue weighted by Crippen LogP contribution is 2.31. The van der Waals surface area contributed by atoms with Gasteiger partial charge in [0.1, 0.15) is 29.4 Å². The number of oxime groups is 2. The second kappa shape index (κ2) is 48.6. The number of rotatable bonds is 17. The minimum Gasteiger partial charge on any atom is -0.495 e. The molecule has 4 heterocycles. The number of imidazole rings is 3. The van der Waals surface area contributed by atoms with Gasteiger partial charge in [0.25, 0.3) is 0 Å². The van der Waals surface area contributed by atoms with Crippen molar-refractivity contribution < 1.29 is 43.5 Å². The van der Waals surface area contributed by atoms with E-state index in [4.69, 9.17) is 122 Å². The van der Waals surface area contributed by atoms with Gasteiger partial charge in [-0.2, -0.15) is 0 Å². The number of alkyl halides is 2. The van der Waals surface area contributed by atoms with Crippen LogP contribution in [0, 0.1) is 20.8 Å². The molecule has 0 bridgehead atoms. The molecule has 7 aromatic carbocycles. The number of Topliss-reactive ketones (excluding diaryl/α,β-unsaturated/α-hetero) is 2. The summed E-state index contributed by atoms with van der Waals surface area (Å²) in [6.45, 7) is 14.8. The van der Waals surface area contributed by atoms with Crippen molar-refractivity contribution >= 4 is 189 Å². The predicted molar refractivity (Wildman–Crippen MR) is 450 cm³/mol. The van der Waals surface area contributed by atoms with E-state index in [1.54, 1.807) is 134 Å². The van der Waals surface area contributed by atoms with E-state index in [0.29, 0.717) is 54.7 Å². The van der Waals surface area contributed by atoms with Crippen LogP contribution < -0.4 is 31.2 Å². The van der Waals surface area contributed by atoms with Crippen LogP contribution in [0.25, 0.3) is 17.1 Å². The first-order valence-electron chi connectivity index (χ1n) is 31.6. The van der Waals surface area contributed by atoms with Crippen LogP contribution in [-0.4, -0.2) is 129 Å². The average Bonchev–Trinajstić information content (AvgIpc) is 1.69. The molecule has 21 nitrogen and oxygen atoms in total. The minimum atomic E-state index is -1.72. The Morgan fingerprint density at radius 3 is 1.32 bits per heavy atom. The third kappa shape index (κ3) is 31.9. The number of nitrogens with zero attached hydrogens (tertiary/aromatic N) is 9. The van der Waals surface area contributed by atoms with Crippen molar-refractivity contribution in [2.24, 2.45) is 26.8 Å². The van der Waals surface area contributed by atoms with E-state index in [0.717, 1.165) is 63.4 Å². The van der Waals surface area contributed by atoms with E-state index < -0.39 is 17.5 Å². The number of aromatic nitrogens is 6. The summed E-state index contributed by atoms with van der Waals surface area (Å²) in [6, 6.07) is 47.0. The van der Waals surface area contributed by atoms with E-state index >= 15 is 0 Å². The first kappa shape index (κ1) is 92.5. The molecule has 566 valence electrons. The van der Waals surface area contributed by atoms with Crippen molar-refractivity contribution in [2.45, 2.75) is 76.4 Å². The van der Waals surface area contributed by atoms with E-state index in [-0.39, 0.29) is 49.7 Å². The van der Waals surface area contributed by atoms with Gasteiger partial charge in [0, 0.05) is 66.5 Å². The van der Waals surface area contributed by atoms with Crippen molar-refractivity contribution in [1.29, 1.82) is 0 Å². The molecule has 6 N–H and O–H groups in total. The Kier molecular flexibility index (Phi) is 42.0. The molecule has 1 aliphatic rings. The molecule has 0 spiro atoms. The van der Waals surface area contributed by atoms with Crippen LogP contribution in [0.4, 0.5) is 0 Å². The zero-order valence-electron chi connectivity index (χ0n) is 59.5. The zero-order chi connectivity index (χ0) is 79.4. The SMILES string of the molecule is CC(Br)C(=O)Br.CC(Br)C(=O)c1ccc(Cl)cc1.COc1cc(/C(N)=N/O)ccc1-n1cnc(C)c1.COc1cc(/C(N)=N/OC(C)C(=O)c2ccc(Cl)cc2)ccc1-n1cnc(C)c1.COc1cc(C2=NC(c3ccc(Cl)cc3)C(C)ON2)ccc1-n1cnc(C)c1.CP=S.Clc1ccccc1.[Cl][Al]([Cl])[Cl]. The number of ketones is 2. The van der Waals surface area contributed by atoms with E-state index in [9.17, 15) is 14.4 Å². The number of hydroxylamine groups is 1. The van der Waals surface area contributed by atoms with Gasteiger partial charge in [-0.25, -0.2) is 50.6 Å². The largest absolute Gasteiger partial charge is 0.643 e. The molecule has 0 fully saturated rings. The maximum absolute atomic E-state index is 12.4. The maximum atomic E-state index is 12.4.